The maximum Gasteiger partial charge on any atom is 0.253 e. The molecule has 12 heteroatoms. The van der Waals surface area contributed by atoms with Gasteiger partial charge in [0, 0.05) is 51.1 Å². The molecule has 0 atom stereocenters. The summed E-state index contributed by atoms with van der Waals surface area (Å²) >= 11 is 1.44. The van der Waals surface area contributed by atoms with E-state index in [9.17, 15) is 21.6 Å². The van der Waals surface area contributed by atoms with Gasteiger partial charge in [0.05, 0.1) is 14.5 Å². The Hall–Kier alpha value is -2.54. The molecule has 0 aliphatic carbocycles. The van der Waals surface area contributed by atoms with Crippen LogP contribution in [0.15, 0.2) is 52.3 Å². The van der Waals surface area contributed by atoms with Crippen molar-refractivity contribution in [2.45, 2.75) is 29.1 Å². The van der Waals surface area contributed by atoms with E-state index in [-0.39, 0.29) is 15.7 Å². The van der Waals surface area contributed by atoms with E-state index in [1.165, 1.54) is 34.0 Å². The first kappa shape index (κ1) is 25.1. The number of para-hydroxylation sites is 1. The molecule has 1 amide bonds. The van der Waals surface area contributed by atoms with Crippen LogP contribution in [0, 0.1) is 0 Å². The second-order valence-electron chi connectivity index (χ2n) is 9.14. The van der Waals surface area contributed by atoms with Crippen molar-refractivity contribution in [2.24, 2.45) is 0 Å². The number of amides is 1. The molecule has 5 rings (SSSR count). The molecule has 0 bridgehead atoms. The van der Waals surface area contributed by atoms with Crippen molar-refractivity contribution in [1.82, 2.24) is 14.2 Å². The molecule has 0 spiro atoms. The Balaban J connectivity index is 1.25. The molecule has 2 saturated heterocycles. The number of piperidine rings is 1. The molecular formula is C24H28N4O5S3. The van der Waals surface area contributed by atoms with Crippen LogP contribution < -0.4 is 4.90 Å². The SMILES string of the molecule is CS(=O)(=O)c1cccc2sc(N3CCN(C(=O)c4ccc(S(=O)(=O)N5CCCCC5)cc4)CC3)nc12. The maximum atomic E-state index is 13.1. The van der Waals surface area contributed by atoms with Crippen LogP contribution in [0.3, 0.4) is 0 Å². The number of sulfonamides is 1. The van der Waals surface area contributed by atoms with E-state index in [2.05, 4.69) is 9.88 Å². The summed E-state index contributed by atoms with van der Waals surface area (Å²) in [6.07, 6.45) is 3.98. The molecule has 1 aromatic heterocycles. The fourth-order valence-corrected chi connectivity index (χ4v) is 8.11. The topological polar surface area (TPSA) is 108 Å². The van der Waals surface area contributed by atoms with Gasteiger partial charge in [-0.15, -0.1) is 0 Å². The number of sulfone groups is 1. The Morgan fingerprint density at radius 3 is 2.17 bits per heavy atom. The molecule has 0 unspecified atom stereocenters. The van der Waals surface area contributed by atoms with Gasteiger partial charge in [0.1, 0.15) is 5.52 Å². The van der Waals surface area contributed by atoms with Crippen LogP contribution in [0.1, 0.15) is 29.6 Å². The zero-order valence-electron chi connectivity index (χ0n) is 20.0. The second-order valence-corrected chi connectivity index (χ2v) is 14.1. The Morgan fingerprint density at radius 1 is 0.861 bits per heavy atom. The van der Waals surface area contributed by atoms with E-state index in [0.717, 1.165) is 29.1 Å². The summed E-state index contributed by atoms with van der Waals surface area (Å²) in [6, 6.07) is 11.4. The summed E-state index contributed by atoms with van der Waals surface area (Å²) in [7, 11) is -6.92. The molecule has 2 fully saturated rings. The van der Waals surface area contributed by atoms with E-state index in [1.54, 1.807) is 29.2 Å². The van der Waals surface area contributed by atoms with Gasteiger partial charge >= 0.3 is 0 Å². The van der Waals surface area contributed by atoms with E-state index in [0.29, 0.717) is 50.3 Å². The van der Waals surface area contributed by atoms with Crippen LogP contribution in [-0.2, 0) is 19.9 Å². The summed E-state index contributed by atoms with van der Waals surface area (Å²) < 4.78 is 52.3. The molecule has 192 valence electrons. The van der Waals surface area contributed by atoms with Crippen molar-refractivity contribution < 1.29 is 21.6 Å². The molecule has 0 saturated carbocycles. The molecule has 9 nitrogen and oxygen atoms in total. The third-order valence-electron chi connectivity index (χ3n) is 6.66. The van der Waals surface area contributed by atoms with Crippen LogP contribution in [0.25, 0.3) is 10.2 Å². The minimum absolute atomic E-state index is 0.139. The summed E-state index contributed by atoms with van der Waals surface area (Å²) in [5, 5.41) is 0.737. The first-order valence-corrected chi connectivity index (χ1v) is 16.0. The number of fused-ring (bicyclic) bond motifs is 1. The lowest BCUT2D eigenvalue weighted by Gasteiger charge is -2.34. The number of hydrogen-bond acceptors (Lipinski definition) is 8. The standard InChI is InChI=1S/C24H28N4O5S3/c1-35(30,31)21-7-5-6-20-22(21)25-24(34-20)27-16-14-26(15-17-27)23(29)18-8-10-19(11-9-18)36(32,33)28-12-3-2-4-13-28/h5-11H,2-4,12-17H2,1H3. The lowest BCUT2D eigenvalue weighted by molar-refractivity contribution is 0.0746. The number of carbonyl (C=O) groups is 1. The monoisotopic (exact) mass is 548 g/mol. The summed E-state index contributed by atoms with van der Waals surface area (Å²) in [6.45, 7) is 3.19. The van der Waals surface area contributed by atoms with Crippen molar-refractivity contribution in [3.05, 3.63) is 48.0 Å². The first-order chi connectivity index (χ1) is 17.1. The molecule has 2 aliphatic heterocycles. The number of anilines is 1. The van der Waals surface area contributed by atoms with Crippen molar-refractivity contribution in [2.75, 3.05) is 50.4 Å². The molecule has 3 heterocycles. The number of nitrogens with zero attached hydrogens (tertiary/aromatic N) is 4. The second kappa shape index (κ2) is 9.73. The van der Waals surface area contributed by atoms with Crippen molar-refractivity contribution in [3.8, 4) is 0 Å². The highest BCUT2D eigenvalue weighted by Crippen LogP contribution is 2.33. The average Bonchev–Trinajstić information content (AvgIpc) is 3.33. The predicted octanol–water partition coefficient (Wildman–Crippen LogP) is 2.84. The van der Waals surface area contributed by atoms with Gasteiger partial charge in [-0.25, -0.2) is 21.8 Å². The summed E-state index contributed by atoms with van der Waals surface area (Å²) in [5.41, 5.74) is 0.942. The van der Waals surface area contributed by atoms with Crippen LogP contribution in [0.2, 0.25) is 0 Å². The van der Waals surface area contributed by atoms with Crippen LogP contribution in [-0.4, -0.2) is 82.5 Å². The third kappa shape index (κ3) is 4.86. The zero-order valence-corrected chi connectivity index (χ0v) is 22.4. The Labute approximate surface area is 215 Å². The highest BCUT2D eigenvalue weighted by atomic mass is 32.2. The molecule has 0 radical (unpaired) electrons. The lowest BCUT2D eigenvalue weighted by Crippen LogP contribution is -2.48. The van der Waals surface area contributed by atoms with Gasteiger partial charge in [0.15, 0.2) is 15.0 Å². The fourth-order valence-electron chi connectivity index (χ4n) is 4.65. The number of carbonyl (C=O) groups excluding carboxylic acids is 1. The average molecular weight is 549 g/mol. The smallest absolute Gasteiger partial charge is 0.253 e. The number of piperazine rings is 1. The highest BCUT2D eigenvalue weighted by Gasteiger charge is 2.28. The highest BCUT2D eigenvalue weighted by molar-refractivity contribution is 7.91. The Bertz CT molecular complexity index is 1490. The minimum atomic E-state index is -3.53. The van der Waals surface area contributed by atoms with E-state index in [1.807, 2.05) is 6.07 Å². The molecular weight excluding hydrogens is 520 g/mol. The number of hydrogen-bond donors (Lipinski definition) is 0. The Kier molecular flexibility index (Phi) is 6.79. The van der Waals surface area contributed by atoms with Gasteiger partial charge in [-0.1, -0.05) is 23.8 Å². The third-order valence-corrected chi connectivity index (χ3v) is 10.8. The molecule has 3 aromatic rings. The van der Waals surface area contributed by atoms with Crippen LogP contribution in [0.4, 0.5) is 5.13 Å². The fraction of sp³-hybridized carbons (Fsp3) is 0.417. The van der Waals surface area contributed by atoms with Crippen molar-refractivity contribution in [3.63, 3.8) is 0 Å². The molecule has 0 N–H and O–H groups in total. The summed E-state index contributed by atoms with van der Waals surface area (Å²) in [4.78, 5) is 21.9. The number of thiazole rings is 1. The minimum Gasteiger partial charge on any atom is -0.345 e. The maximum absolute atomic E-state index is 13.1. The molecule has 2 aromatic carbocycles. The van der Waals surface area contributed by atoms with Crippen LogP contribution in [0.5, 0.6) is 0 Å². The van der Waals surface area contributed by atoms with Crippen molar-refractivity contribution >= 4 is 52.5 Å². The number of benzene rings is 2. The van der Waals surface area contributed by atoms with Crippen LogP contribution >= 0.6 is 11.3 Å². The Morgan fingerprint density at radius 2 is 1.53 bits per heavy atom. The van der Waals surface area contributed by atoms with Gasteiger partial charge in [-0.05, 0) is 49.2 Å². The van der Waals surface area contributed by atoms with E-state index in [4.69, 9.17) is 0 Å². The first-order valence-electron chi connectivity index (χ1n) is 11.9. The van der Waals surface area contributed by atoms with Crippen molar-refractivity contribution in [1.29, 1.82) is 0 Å². The predicted molar refractivity (Wildman–Crippen MR) is 140 cm³/mol. The quantitative estimate of drug-likeness (QED) is 0.482. The largest absolute Gasteiger partial charge is 0.345 e. The molecule has 36 heavy (non-hydrogen) atoms. The normalized spacial score (nSPS) is 18.0. The summed E-state index contributed by atoms with van der Waals surface area (Å²) in [5.74, 6) is -0.139. The molecule has 2 aliphatic rings. The van der Waals surface area contributed by atoms with Gasteiger partial charge in [0.25, 0.3) is 5.91 Å². The van der Waals surface area contributed by atoms with Gasteiger partial charge < -0.3 is 9.80 Å². The zero-order chi connectivity index (χ0) is 25.5. The van der Waals surface area contributed by atoms with E-state index >= 15 is 0 Å². The number of aromatic nitrogens is 1. The lowest BCUT2D eigenvalue weighted by atomic mass is 10.2. The van der Waals surface area contributed by atoms with E-state index < -0.39 is 19.9 Å². The number of rotatable bonds is 5. The van der Waals surface area contributed by atoms with Gasteiger partial charge in [-0.2, -0.15) is 4.31 Å². The van der Waals surface area contributed by atoms with Gasteiger partial charge in [0.2, 0.25) is 10.0 Å². The van der Waals surface area contributed by atoms with Gasteiger partial charge in [-0.3, -0.25) is 4.79 Å².